The summed E-state index contributed by atoms with van der Waals surface area (Å²) in [4.78, 5) is 19.5. The first kappa shape index (κ1) is 20.6. The summed E-state index contributed by atoms with van der Waals surface area (Å²) in [6.45, 7) is 0. The Kier molecular flexibility index (Phi) is 4.77. The molecule has 5 rings (SSSR count). The maximum absolute atomic E-state index is 13.7. The molecule has 2 aliphatic heterocycles. The number of aliphatic hydroxyl groups is 1. The van der Waals surface area contributed by atoms with Gasteiger partial charge >= 0.3 is 0 Å². The van der Waals surface area contributed by atoms with Crippen LogP contribution in [0.25, 0.3) is 5.76 Å². The minimum absolute atomic E-state index is 0.00966. The number of hydrogen-bond acceptors (Lipinski definition) is 6. The molecule has 2 unspecified atom stereocenters. The van der Waals surface area contributed by atoms with E-state index in [-0.39, 0.29) is 15.9 Å². The maximum Gasteiger partial charge on any atom is 0.216 e. The van der Waals surface area contributed by atoms with Gasteiger partial charge in [-0.15, -0.1) is 0 Å². The lowest BCUT2D eigenvalue weighted by atomic mass is 9.92. The number of rotatable bonds is 2. The van der Waals surface area contributed by atoms with Crippen molar-refractivity contribution in [1.29, 1.82) is 0 Å². The predicted octanol–water partition coefficient (Wildman–Crippen LogP) is 4.84. The van der Waals surface area contributed by atoms with Gasteiger partial charge in [-0.05, 0) is 0 Å². The molecule has 160 valence electrons. The quantitative estimate of drug-likeness (QED) is 0.334. The van der Waals surface area contributed by atoms with E-state index in [1.165, 1.54) is 0 Å². The topological polar surface area (TPSA) is 93.0 Å². The van der Waals surface area contributed by atoms with Gasteiger partial charge in [0.2, 0.25) is 10.1 Å². The predicted molar refractivity (Wildman–Crippen MR) is 124 cm³/mol. The molecular weight excluding hydrogens is 445 g/mol. The lowest BCUT2D eigenvalue weighted by Crippen LogP contribution is -2.35. The summed E-state index contributed by atoms with van der Waals surface area (Å²) in [7, 11) is -5.90. The SMILES string of the molecule is CS(=O)(=O)C1=NOC2(c3ccccc3)c3ccccc3C(=O)/C(=C(/O)c3ccccc3)P12. The highest BCUT2D eigenvalue weighted by atomic mass is 32.2. The van der Waals surface area contributed by atoms with Crippen molar-refractivity contribution >= 4 is 34.1 Å². The summed E-state index contributed by atoms with van der Waals surface area (Å²) in [6.07, 6.45) is 1.04. The molecule has 2 atom stereocenters. The molecule has 6 nitrogen and oxygen atoms in total. The Bertz CT molecular complexity index is 1400. The van der Waals surface area contributed by atoms with Crippen LogP contribution in [0.2, 0.25) is 0 Å². The van der Waals surface area contributed by atoms with Crippen molar-refractivity contribution in [2.24, 2.45) is 5.16 Å². The third kappa shape index (κ3) is 2.93. The van der Waals surface area contributed by atoms with E-state index in [2.05, 4.69) is 5.16 Å². The number of allylic oxidation sites excluding steroid dienone is 1. The molecule has 0 aliphatic carbocycles. The smallest absolute Gasteiger partial charge is 0.216 e. The van der Waals surface area contributed by atoms with E-state index in [1.807, 2.05) is 30.3 Å². The fourth-order valence-corrected chi connectivity index (χ4v) is 8.82. The third-order valence-corrected chi connectivity index (χ3v) is 10.3. The highest BCUT2D eigenvalue weighted by Crippen LogP contribution is 2.73. The van der Waals surface area contributed by atoms with Gasteiger partial charge in [-0.1, -0.05) is 90.1 Å². The maximum atomic E-state index is 13.7. The molecule has 8 heteroatoms. The molecule has 0 saturated carbocycles. The molecule has 3 aromatic carbocycles. The number of sulfone groups is 1. The van der Waals surface area contributed by atoms with E-state index >= 15 is 0 Å². The first-order chi connectivity index (χ1) is 15.4. The molecule has 0 aromatic heterocycles. The molecule has 0 radical (unpaired) electrons. The van der Waals surface area contributed by atoms with Gasteiger partial charge in [0, 0.05) is 28.5 Å². The van der Waals surface area contributed by atoms with Crippen LogP contribution in [0.5, 0.6) is 0 Å². The largest absolute Gasteiger partial charge is 0.506 e. The van der Waals surface area contributed by atoms with Gasteiger partial charge in [-0.2, -0.15) is 0 Å². The number of hydrogen-bond donors (Lipinski definition) is 1. The van der Waals surface area contributed by atoms with Crippen LogP contribution < -0.4 is 0 Å². The van der Waals surface area contributed by atoms with Gasteiger partial charge in [0.25, 0.3) is 0 Å². The summed E-state index contributed by atoms with van der Waals surface area (Å²) >= 11 is 0. The standard InChI is InChI=1S/C24H18NO5PS/c1-32(28,29)23-25-30-24(17-12-6-3-7-13-17)19-15-9-8-14-18(19)21(27)22(31(23)24)20(26)16-10-4-2-5-11-16/h2-15,26H,1H3/b22-20-. The fourth-order valence-electron chi connectivity index (χ4n) is 4.13. The van der Waals surface area contributed by atoms with Crippen LogP contribution in [-0.2, 0) is 20.0 Å². The number of carbonyl (C=O) groups is 1. The Labute approximate surface area is 186 Å². The van der Waals surface area contributed by atoms with Gasteiger partial charge in [0.05, 0.1) is 13.2 Å². The van der Waals surface area contributed by atoms with Crippen molar-refractivity contribution in [2.45, 2.75) is 5.34 Å². The van der Waals surface area contributed by atoms with Gasteiger partial charge in [-0.3, -0.25) is 4.79 Å². The van der Waals surface area contributed by atoms with E-state index in [9.17, 15) is 18.3 Å². The minimum Gasteiger partial charge on any atom is -0.506 e. The first-order valence-electron chi connectivity index (χ1n) is 9.80. The molecular formula is C24H18NO5PS. The number of benzene rings is 3. The number of fused-ring (bicyclic) bond motifs is 3. The number of oxime groups is 1. The van der Waals surface area contributed by atoms with Crippen LogP contribution in [0.4, 0.5) is 0 Å². The van der Waals surface area contributed by atoms with Crippen LogP contribution in [0.1, 0.15) is 27.0 Å². The van der Waals surface area contributed by atoms with Crippen LogP contribution >= 0.6 is 7.92 Å². The summed E-state index contributed by atoms with van der Waals surface area (Å²) in [5.41, 5.74) is 1.96. The van der Waals surface area contributed by atoms with Crippen LogP contribution in [-0.4, -0.2) is 30.3 Å². The molecule has 2 aliphatic rings. The van der Waals surface area contributed by atoms with E-state index < -0.39 is 28.9 Å². The van der Waals surface area contributed by atoms with Gasteiger partial charge in [-0.25, -0.2) is 8.42 Å². The van der Waals surface area contributed by atoms with E-state index in [0.29, 0.717) is 22.3 Å². The molecule has 0 spiro atoms. The van der Waals surface area contributed by atoms with Crippen LogP contribution in [0.3, 0.4) is 0 Å². The summed E-state index contributed by atoms with van der Waals surface area (Å²) in [5.74, 6) is -0.695. The Morgan fingerprint density at radius 3 is 2.19 bits per heavy atom. The number of carbonyl (C=O) groups excluding carboxylic acids is 1. The number of ketones is 1. The second-order valence-electron chi connectivity index (χ2n) is 7.52. The Hall–Kier alpha value is -3.28. The molecule has 0 bridgehead atoms. The Morgan fingerprint density at radius 2 is 1.53 bits per heavy atom. The van der Waals surface area contributed by atoms with Crippen LogP contribution in [0, 0.1) is 0 Å². The van der Waals surface area contributed by atoms with Crippen molar-refractivity contribution in [2.75, 3.05) is 6.26 Å². The Morgan fingerprint density at radius 1 is 0.938 bits per heavy atom. The number of nitrogens with zero attached hydrogens (tertiary/aromatic N) is 1. The van der Waals surface area contributed by atoms with E-state index in [4.69, 9.17) is 4.84 Å². The highest BCUT2D eigenvalue weighted by Gasteiger charge is 2.61. The average molecular weight is 463 g/mol. The van der Waals surface area contributed by atoms with Crippen molar-refractivity contribution < 1.29 is 23.2 Å². The van der Waals surface area contributed by atoms with Crippen LogP contribution in [0.15, 0.2) is 95.4 Å². The third-order valence-electron chi connectivity index (χ3n) is 5.51. The molecule has 0 saturated heterocycles. The lowest BCUT2D eigenvalue weighted by Gasteiger charge is -2.39. The fraction of sp³-hybridized carbons (Fsp3) is 0.0833. The van der Waals surface area contributed by atoms with Gasteiger partial charge in [0.15, 0.2) is 15.6 Å². The molecule has 3 aromatic rings. The zero-order valence-corrected chi connectivity index (χ0v) is 18.7. The molecule has 0 fully saturated rings. The summed E-state index contributed by atoms with van der Waals surface area (Å²) in [5, 5.41) is 14.0. The molecule has 2 heterocycles. The number of Topliss-reactive ketones (excluding diaryl/α,β-unsaturated/α-hetero) is 1. The van der Waals surface area contributed by atoms with Crippen molar-refractivity contribution in [3.63, 3.8) is 0 Å². The molecule has 32 heavy (non-hydrogen) atoms. The van der Waals surface area contributed by atoms with Crippen molar-refractivity contribution in [3.05, 3.63) is 112 Å². The lowest BCUT2D eigenvalue weighted by molar-refractivity contribution is 0.0607. The summed E-state index contributed by atoms with van der Waals surface area (Å²) in [6, 6.07) is 24.6. The zero-order valence-electron chi connectivity index (χ0n) is 17.0. The first-order valence-corrected chi connectivity index (χ1v) is 13.0. The van der Waals surface area contributed by atoms with E-state index in [0.717, 1.165) is 6.26 Å². The Balaban J connectivity index is 1.92. The normalized spacial score (nSPS) is 23.6. The minimum atomic E-state index is -3.84. The molecule has 1 N–H and O–H groups in total. The molecule has 0 amide bonds. The average Bonchev–Trinajstić information content (AvgIpc) is 3.22. The van der Waals surface area contributed by atoms with Gasteiger partial charge in [0.1, 0.15) is 5.76 Å². The second-order valence-corrected chi connectivity index (χ2v) is 11.9. The van der Waals surface area contributed by atoms with Crippen molar-refractivity contribution in [1.82, 2.24) is 0 Å². The van der Waals surface area contributed by atoms with Gasteiger partial charge < -0.3 is 9.94 Å². The monoisotopic (exact) mass is 463 g/mol. The number of aliphatic hydroxyl groups excluding tert-OH is 1. The highest BCUT2D eigenvalue weighted by molar-refractivity contribution is 8.21. The van der Waals surface area contributed by atoms with E-state index in [1.54, 1.807) is 54.6 Å². The van der Waals surface area contributed by atoms with Crippen molar-refractivity contribution in [3.8, 4) is 0 Å². The zero-order chi connectivity index (χ0) is 22.5. The second kappa shape index (κ2) is 7.40. The summed E-state index contributed by atoms with van der Waals surface area (Å²) < 4.78 is 25.6.